The Hall–Kier alpha value is -0.280. The van der Waals surface area contributed by atoms with Crippen molar-refractivity contribution < 1.29 is 4.79 Å². The number of carbonyl (C=O) groups is 1. The Morgan fingerprint density at radius 3 is 1.45 bits per heavy atom. The van der Waals surface area contributed by atoms with E-state index in [4.69, 9.17) is 5.73 Å². The topological polar surface area (TPSA) is 55.1 Å². The van der Waals surface area contributed by atoms with Crippen LogP contribution in [-0.4, -0.2) is 19.0 Å². The van der Waals surface area contributed by atoms with Crippen LogP contribution in [-0.2, 0) is 4.79 Å². The molecule has 0 aliphatic heterocycles. The van der Waals surface area contributed by atoms with Crippen LogP contribution >= 0.6 is 12.4 Å². The van der Waals surface area contributed by atoms with Crippen molar-refractivity contribution in [2.75, 3.05) is 13.1 Å². The van der Waals surface area contributed by atoms with Crippen LogP contribution < -0.4 is 11.1 Å². The molecular formula is C18H39ClN2O. The lowest BCUT2D eigenvalue weighted by Gasteiger charge is -2.04. The van der Waals surface area contributed by atoms with Crippen LogP contribution in [0.25, 0.3) is 0 Å². The minimum absolute atomic E-state index is 0. The molecule has 0 rings (SSSR count). The molecule has 0 bridgehead atoms. The van der Waals surface area contributed by atoms with Crippen molar-refractivity contribution in [3.05, 3.63) is 0 Å². The largest absolute Gasteiger partial charge is 0.355 e. The van der Waals surface area contributed by atoms with E-state index < -0.39 is 0 Å². The zero-order valence-corrected chi connectivity index (χ0v) is 15.5. The highest BCUT2D eigenvalue weighted by molar-refractivity contribution is 5.85. The van der Waals surface area contributed by atoms with Gasteiger partial charge in [0.1, 0.15) is 0 Å². The Balaban J connectivity index is 0. The molecule has 0 atom stereocenters. The Kier molecular flexibility index (Phi) is 22.6. The fourth-order valence-corrected chi connectivity index (χ4v) is 2.62. The first-order valence-electron chi connectivity index (χ1n) is 9.28. The second-order valence-electron chi connectivity index (χ2n) is 6.15. The lowest BCUT2D eigenvalue weighted by atomic mass is 10.0. The van der Waals surface area contributed by atoms with Crippen molar-refractivity contribution in [2.45, 2.75) is 96.8 Å². The summed E-state index contributed by atoms with van der Waals surface area (Å²) in [7, 11) is 0. The van der Waals surface area contributed by atoms with Crippen LogP contribution in [0.2, 0.25) is 0 Å². The van der Waals surface area contributed by atoms with E-state index in [0.29, 0.717) is 0 Å². The number of rotatable bonds is 16. The van der Waals surface area contributed by atoms with Gasteiger partial charge in [0.25, 0.3) is 0 Å². The fourth-order valence-electron chi connectivity index (χ4n) is 2.62. The van der Waals surface area contributed by atoms with Crippen LogP contribution in [0.3, 0.4) is 0 Å². The predicted octanol–water partition coefficient (Wildman–Crippen LogP) is 4.96. The molecule has 3 nitrogen and oxygen atoms in total. The van der Waals surface area contributed by atoms with Crippen molar-refractivity contribution >= 4 is 18.3 Å². The molecule has 0 aliphatic carbocycles. The van der Waals surface area contributed by atoms with Gasteiger partial charge in [-0.1, -0.05) is 90.4 Å². The van der Waals surface area contributed by atoms with Crippen LogP contribution in [0, 0.1) is 0 Å². The third-order valence-electron chi connectivity index (χ3n) is 4.04. The van der Waals surface area contributed by atoms with Gasteiger partial charge >= 0.3 is 0 Å². The third kappa shape index (κ3) is 19.7. The molecule has 0 aromatic carbocycles. The van der Waals surface area contributed by atoms with Crippen molar-refractivity contribution in [3.63, 3.8) is 0 Å². The zero-order valence-electron chi connectivity index (χ0n) is 14.7. The van der Waals surface area contributed by atoms with Gasteiger partial charge in [-0.3, -0.25) is 4.79 Å². The molecule has 0 fully saturated rings. The summed E-state index contributed by atoms with van der Waals surface area (Å²) in [5.41, 5.74) is 5.22. The van der Waals surface area contributed by atoms with Gasteiger partial charge in [-0.05, 0) is 6.42 Å². The molecule has 134 valence electrons. The SMILES string of the molecule is CCCCCCCCCCCCCCCCNC(=O)CN.Cl. The fraction of sp³-hybridized carbons (Fsp3) is 0.944. The average Bonchev–Trinajstić information content (AvgIpc) is 2.50. The van der Waals surface area contributed by atoms with Gasteiger partial charge in [-0.15, -0.1) is 12.4 Å². The van der Waals surface area contributed by atoms with Crippen molar-refractivity contribution in [2.24, 2.45) is 5.73 Å². The molecule has 0 heterocycles. The molecule has 0 aromatic heterocycles. The van der Waals surface area contributed by atoms with E-state index in [1.165, 1.54) is 83.5 Å². The van der Waals surface area contributed by atoms with E-state index in [1.54, 1.807) is 0 Å². The molecule has 0 unspecified atom stereocenters. The Bertz CT molecular complexity index is 225. The molecular weight excluding hydrogens is 296 g/mol. The lowest BCUT2D eigenvalue weighted by molar-refractivity contribution is -0.119. The molecule has 4 heteroatoms. The molecule has 1 amide bonds. The van der Waals surface area contributed by atoms with Crippen molar-refractivity contribution in [3.8, 4) is 0 Å². The molecule has 0 aromatic rings. The first-order valence-corrected chi connectivity index (χ1v) is 9.28. The van der Waals surface area contributed by atoms with Gasteiger partial charge in [0.2, 0.25) is 5.91 Å². The minimum Gasteiger partial charge on any atom is -0.355 e. The monoisotopic (exact) mass is 334 g/mol. The summed E-state index contributed by atoms with van der Waals surface area (Å²) in [6.45, 7) is 3.17. The maximum absolute atomic E-state index is 10.9. The Morgan fingerprint density at radius 2 is 1.09 bits per heavy atom. The zero-order chi connectivity index (χ0) is 15.6. The number of unbranched alkanes of at least 4 members (excludes halogenated alkanes) is 13. The summed E-state index contributed by atoms with van der Waals surface area (Å²) < 4.78 is 0. The number of halogens is 1. The van der Waals surface area contributed by atoms with Gasteiger partial charge in [0.05, 0.1) is 6.54 Å². The van der Waals surface area contributed by atoms with E-state index >= 15 is 0 Å². The minimum atomic E-state index is -0.0373. The highest BCUT2D eigenvalue weighted by Crippen LogP contribution is 2.12. The van der Waals surface area contributed by atoms with E-state index in [2.05, 4.69) is 12.2 Å². The highest BCUT2D eigenvalue weighted by atomic mass is 35.5. The average molecular weight is 335 g/mol. The van der Waals surface area contributed by atoms with Crippen LogP contribution in [0.1, 0.15) is 96.8 Å². The molecule has 0 spiro atoms. The summed E-state index contributed by atoms with van der Waals surface area (Å²) >= 11 is 0. The number of nitrogens with two attached hydrogens (primary N) is 1. The van der Waals surface area contributed by atoms with Crippen LogP contribution in [0.5, 0.6) is 0 Å². The summed E-state index contributed by atoms with van der Waals surface area (Å²) in [5, 5.41) is 2.81. The van der Waals surface area contributed by atoms with Gasteiger partial charge in [0.15, 0.2) is 0 Å². The normalized spacial score (nSPS) is 10.3. The first kappa shape index (κ1) is 24.0. The van der Waals surface area contributed by atoms with E-state index in [9.17, 15) is 4.79 Å². The third-order valence-corrected chi connectivity index (χ3v) is 4.04. The smallest absolute Gasteiger partial charge is 0.233 e. The molecule has 0 radical (unpaired) electrons. The summed E-state index contributed by atoms with van der Waals surface area (Å²) in [6.07, 6.45) is 19.1. The second kappa shape index (κ2) is 20.7. The number of nitrogens with one attached hydrogen (secondary N) is 1. The molecule has 22 heavy (non-hydrogen) atoms. The number of hydrogen-bond donors (Lipinski definition) is 2. The van der Waals surface area contributed by atoms with Crippen LogP contribution in [0.4, 0.5) is 0 Å². The van der Waals surface area contributed by atoms with Gasteiger partial charge in [-0.25, -0.2) is 0 Å². The van der Waals surface area contributed by atoms with Crippen LogP contribution in [0.15, 0.2) is 0 Å². The molecule has 0 saturated carbocycles. The lowest BCUT2D eigenvalue weighted by Crippen LogP contribution is -2.30. The molecule has 0 aliphatic rings. The highest BCUT2D eigenvalue weighted by Gasteiger charge is 1.96. The van der Waals surface area contributed by atoms with Gasteiger partial charge in [-0.2, -0.15) is 0 Å². The standard InChI is InChI=1S/C18H38N2O.ClH/c1-2-3-4-5-6-7-8-9-10-11-12-13-14-15-16-20-18(21)17-19;/h2-17,19H2,1H3,(H,20,21);1H. The Morgan fingerprint density at radius 1 is 0.727 bits per heavy atom. The summed E-state index contributed by atoms with van der Waals surface area (Å²) in [5.74, 6) is -0.0373. The maximum atomic E-state index is 10.9. The van der Waals surface area contributed by atoms with E-state index in [1.807, 2.05) is 0 Å². The van der Waals surface area contributed by atoms with Gasteiger partial charge < -0.3 is 11.1 Å². The van der Waals surface area contributed by atoms with Crippen molar-refractivity contribution in [1.29, 1.82) is 0 Å². The van der Waals surface area contributed by atoms with E-state index in [0.717, 1.165) is 13.0 Å². The molecule has 0 saturated heterocycles. The Labute approximate surface area is 144 Å². The number of hydrogen-bond acceptors (Lipinski definition) is 2. The molecule has 3 N–H and O–H groups in total. The summed E-state index contributed by atoms with van der Waals surface area (Å²) in [6, 6.07) is 0. The second-order valence-corrected chi connectivity index (χ2v) is 6.15. The maximum Gasteiger partial charge on any atom is 0.233 e. The first-order chi connectivity index (χ1) is 10.3. The summed E-state index contributed by atoms with van der Waals surface area (Å²) in [4.78, 5) is 10.9. The van der Waals surface area contributed by atoms with Crippen molar-refractivity contribution in [1.82, 2.24) is 5.32 Å². The van der Waals surface area contributed by atoms with Gasteiger partial charge in [0, 0.05) is 6.54 Å². The quantitative estimate of drug-likeness (QED) is 0.392. The number of amides is 1. The number of carbonyl (C=O) groups excluding carboxylic acids is 1. The van der Waals surface area contributed by atoms with E-state index in [-0.39, 0.29) is 24.9 Å². The predicted molar refractivity (Wildman–Crippen MR) is 99.6 cm³/mol.